The van der Waals surface area contributed by atoms with E-state index in [2.05, 4.69) is 47.6 Å². The summed E-state index contributed by atoms with van der Waals surface area (Å²) in [5.41, 5.74) is -0.668. The summed E-state index contributed by atoms with van der Waals surface area (Å²) >= 11 is 0. The van der Waals surface area contributed by atoms with E-state index in [0.29, 0.717) is 25.4 Å². The van der Waals surface area contributed by atoms with Gasteiger partial charge in [-0.3, -0.25) is 0 Å². The van der Waals surface area contributed by atoms with Gasteiger partial charge < -0.3 is 89.0 Å². The van der Waals surface area contributed by atoms with Gasteiger partial charge in [0.05, 0.1) is 44.2 Å². The number of fused-ring (bicyclic) bond motifs is 4. The molecule has 0 amide bonds. The molecule has 18 heteroatoms. The Balaban J connectivity index is 0.991. The molecule has 372 valence electrons. The highest BCUT2D eigenvalue weighted by molar-refractivity contribution is 5.26. The Hall–Kier alpha value is -0.980. The van der Waals surface area contributed by atoms with E-state index >= 15 is 0 Å². The molecule has 2 bridgehead atoms. The maximum Gasteiger partial charge on any atom is 0.187 e. The Kier molecular flexibility index (Phi) is 12.9. The van der Waals surface area contributed by atoms with E-state index < -0.39 is 129 Å². The molecule has 4 aliphatic carbocycles. The lowest BCUT2D eigenvalue weighted by Gasteiger charge is -2.70. The third-order valence-electron chi connectivity index (χ3n) is 18.8. The van der Waals surface area contributed by atoms with E-state index in [1.165, 1.54) is 0 Å². The third kappa shape index (κ3) is 7.40. The third-order valence-corrected chi connectivity index (χ3v) is 18.8. The lowest BCUT2D eigenvalue weighted by Crippen LogP contribution is -2.68. The van der Waals surface area contributed by atoms with Gasteiger partial charge in [0, 0.05) is 24.2 Å². The van der Waals surface area contributed by atoms with Crippen LogP contribution in [-0.2, 0) is 37.9 Å². The van der Waals surface area contributed by atoms with Crippen molar-refractivity contribution < 1.29 is 89.0 Å². The van der Waals surface area contributed by atoms with Gasteiger partial charge in [-0.05, 0) is 93.3 Å². The quantitative estimate of drug-likeness (QED) is 0.102. The van der Waals surface area contributed by atoms with Crippen LogP contribution in [0, 0.1) is 45.3 Å². The smallest absolute Gasteiger partial charge is 0.187 e. The molecular weight excluding hydrogens is 852 g/mol. The van der Waals surface area contributed by atoms with Crippen LogP contribution in [0.5, 0.6) is 0 Å². The Morgan fingerprint density at radius 1 is 0.646 bits per heavy atom. The van der Waals surface area contributed by atoms with Crippen molar-refractivity contribution >= 4 is 0 Å². The van der Waals surface area contributed by atoms with Gasteiger partial charge in [0.1, 0.15) is 67.1 Å². The number of ether oxygens (including phenoxy) is 8. The standard InChI is InChI=1S/C47H76O18/c1-21(2)14-22-15-45(7,57)38-23-8-9-28-43(5)12-11-29(42(3,4)27(43)10-13-44(28,6)46(23)19-47(38,65-22)58-20-46)62-41-37(64-39-34(55)31(52)25(17-49)60-39)36(32(53)26(18-50)61-41)63-40-35(56)33(54)30(51)24(16-48)59-40/h14,22-41,48-57H,8-13,15-20H2,1-7H3/t22?,23?,24?,25-,26?,27?,28?,29-,30+,31+,32+,33+,34?,35?,36+,37?,38?,39-,40-,41-,43-,44+,45?,46-,47-/m0/s1. The Bertz CT molecular complexity index is 1760. The summed E-state index contributed by atoms with van der Waals surface area (Å²) in [5.74, 6) is -0.184. The monoisotopic (exact) mass is 929 g/mol. The first-order valence-electron chi connectivity index (χ1n) is 24.1. The first-order chi connectivity index (χ1) is 30.5. The molecule has 10 N–H and O–H groups in total. The van der Waals surface area contributed by atoms with Crippen LogP contribution in [-0.4, -0.2) is 187 Å². The molecule has 2 spiro atoms. The summed E-state index contributed by atoms with van der Waals surface area (Å²) in [5, 5.41) is 108. The number of aliphatic hydroxyl groups excluding tert-OH is 9. The predicted molar refractivity (Wildman–Crippen MR) is 225 cm³/mol. The first kappa shape index (κ1) is 49.0. The van der Waals surface area contributed by atoms with Crippen molar-refractivity contribution in [3.8, 4) is 0 Å². The van der Waals surface area contributed by atoms with E-state index in [-0.39, 0.29) is 40.1 Å². The lowest BCUT2D eigenvalue weighted by atomic mass is 9.35. The Morgan fingerprint density at radius 3 is 1.86 bits per heavy atom. The maximum atomic E-state index is 12.2. The van der Waals surface area contributed by atoms with Crippen LogP contribution in [0.25, 0.3) is 0 Å². The molecule has 11 unspecified atom stereocenters. The van der Waals surface area contributed by atoms with Crippen LogP contribution < -0.4 is 0 Å². The predicted octanol–water partition coefficient (Wildman–Crippen LogP) is -0.0333. The molecule has 65 heavy (non-hydrogen) atoms. The minimum Gasteiger partial charge on any atom is -0.394 e. The summed E-state index contributed by atoms with van der Waals surface area (Å²) in [6.45, 7) is 13.9. The van der Waals surface area contributed by atoms with Crippen molar-refractivity contribution in [1.29, 1.82) is 0 Å². The Morgan fingerprint density at radius 2 is 1.23 bits per heavy atom. The second-order valence-corrected chi connectivity index (χ2v) is 22.9. The fraction of sp³-hybridized carbons (Fsp3) is 0.957. The summed E-state index contributed by atoms with van der Waals surface area (Å²) < 4.78 is 50.9. The molecule has 25 atom stereocenters. The van der Waals surface area contributed by atoms with Gasteiger partial charge in [-0.15, -0.1) is 0 Å². The average molecular weight is 929 g/mol. The molecule has 5 aliphatic heterocycles. The molecule has 9 fully saturated rings. The largest absolute Gasteiger partial charge is 0.394 e. The second-order valence-electron chi connectivity index (χ2n) is 22.9. The fourth-order valence-corrected chi connectivity index (χ4v) is 15.9. The van der Waals surface area contributed by atoms with E-state index in [1.54, 1.807) is 0 Å². The number of aliphatic hydroxyl groups is 10. The minimum absolute atomic E-state index is 0.0960. The average Bonchev–Trinajstić information content (AvgIpc) is 3.86. The van der Waals surface area contributed by atoms with Crippen molar-refractivity contribution in [3.05, 3.63) is 11.6 Å². The molecule has 18 nitrogen and oxygen atoms in total. The van der Waals surface area contributed by atoms with Gasteiger partial charge in [0.15, 0.2) is 24.7 Å². The molecule has 0 radical (unpaired) electrons. The highest BCUT2D eigenvalue weighted by Gasteiger charge is 2.81. The van der Waals surface area contributed by atoms with Gasteiger partial charge in [-0.25, -0.2) is 0 Å². The number of allylic oxidation sites excluding steroid dienone is 1. The number of hydrogen-bond acceptors (Lipinski definition) is 18. The van der Waals surface area contributed by atoms with Crippen LogP contribution in [0.2, 0.25) is 0 Å². The highest BCUT2D eigenvalue weighted by atomic mass is 16.8. The van der Waals surface area contributed by atoms with E-state index in [1.807, 2.05) is 6.92 Å². The number of rotatable bonds is 10. The van der Waals surface area contributed by atoms with E-state index in [0.717, 1.165) is 44.1 Å². The molecule has 9 aliphatic rings. The first-order valence-corrected chi connectivity index (χ1v) is 24.1. The molecule has 5 saturated heterocycles. The molecule has 0 aromatic rings. The zero-order chi connectivity index (χ0) is 47.0. The highest BCUT2D eigenvalue weighted by Crippen LogP contribution is 2.80. The van der Waals surface area contributed by atoms with E-state index in [9.17, 15) is 51.1 Å². The second kappa shape index (κ2) is 17.1. The SMILES string of the molecule is CC(C)=CC1CC(C)(O)C2C3CCC4[C@@]5(C)CC[C@H](O[C@@H]6OC(CO)[C@@H](O)[C@@H](O[C@@H]7OC(CO)[C@@H](O)[C@@H](O)C7O)C6O[C@@H]6O[C@@H](CO)[C@@H](O)C6O)C(C)(C)C5CC[C@@]4(C)[C@@]34CO[C@@]2(C4)O1. The van der Waals surface area contributed by atoms with Gasteiger partial charge in [0.2, 0.25) is 0 Å². The van der Waals surface area contributed by atoms with Crippen molar-refractivity contribution in [1.82, 2.24) is 0 Å². The molecule has 5 heterocycles. The van der Waals surface area contributed by atoms with Crippen molar-refractivity contribution in [3.63, 3.8) is 0 Å². The fourth-order valence-electron chi connectivity index (χ4n) is 15.9. The molecule has 4 saturated carbocycles. The summed E-state index contributed by atoms with van der Waals surface area (Å²) in [6.07, 6.45) is -14.0. The van der Waals surface area contributed by atoms with Gasteiger partial charge >= 0.3 is 0 Å². The van der Waals surface area contributed by atoms with Gasteiger partial charge in [0.25, 0.3) is 0 Å². The number of hydrogen-bond donors (Lipinski definition) is 10. The minimum atomic E-state index is -1.86. The Labute approximate surface area is 381 Å². The van der Waals surface area contributed by atoms with Crippen molar-refractivity contribution in [2.75, 3.05) is 26.4 Å². The molecule has 0 aromatic carbocycles. The van der Waals surface area contributed by atoms with Crippen molar-refractivity contribution in [2.45, 2.75) is 209 Å². The topological polar surface area (TPSA) is 276 Å². The summed E-state index contributed by atoms with van der Waals surface area (Å²) in [4.78, 5) is 0. The normalized spacial score (nSPS) is 56.9. The zero-order valence-corrected chi connectivity index (χ0v) is 38.8. The van der Waals surface area contributed by atoms with E-state index in [4.69, 9.17) is 37.9 Å². The van der Waals surface area contributed by atoms with Crippen LogP contribution in [0.15, 0.2) is 11.6 Å². The molecule has 9 rings (SSSR count). The summed E-state index contributed by atoms with van der Waals surface area (Å²) in [7, 11) is 0. The maximum absolute atomic E-state index is 12.2. The van der Waals surface area contributed by atoms with Crippen LogP contribution >= 0.6 is 0 Å². The van der Waals surface area contributed by atoms with Crippen LogP contribution in [0.1, 0.15) is 99.8 Å². The molecular formula is C47H76O18. The van der Waals surface area contributed by atoms with Gasteiger partial charge in [-0.1, -0.05) is 39.3 Å². The van der Waals surface area contributed by atoms with Gasteiger partial charge in [-0.2, -0.15) is 0 Å². The van der Waals surface area contributed by atoms with Crippen molar-refractivity contribution in [2.24, 2.45) is 45.3 Å². The zero-order valence-electron chi connectivity index (χ0n) is 38.8. The molecule has 0 aromatic heterocycles. The van der Waals surface area contributed by atoms with Crippen LogP contribution in [0.4, 0.5) is 0 Å². The van der Waals surface area contributed by atoms with Crippen LogP contribution in [0.3, 0.4) is 0 Å². The summed E-state index contributed by atoms with van der Waals surface area (Å²) in [6, 6.07) is 0. The lowest BCUT2D eigenvalue weighted by molar-refractivity contribution is -0.387.